The molecule has 0 spiro atoms. The molecule has 0 radical (unpaired) electrons. The second kappa shape index (κ2) is 16.8. The second-order valence-electron chi connectivity index (χ2n) is 2.63. The monoisotopic (exact) mass is 231 g/mol. The molecular formula is C16H25N. The summed E-state index contributed by atoms with van der Waals surface area (Å²) in [7, 11) is 0. The Morgan fingerprint density at radius 1 is 0.647 bits per heavy atom. The summed E-state index contributed by atoms with van der Waals surface area (Å²) in [6.45, 7) is 9.97. The van der Waals surface area contributed by atoms with Crippen molar-refractivity contribution in [1.82, 2.24) is 4.98 Å². The van der Waals surface area contributed by atoms with E-state index in [-0.39, 0.29) is 0 Å². The number of aromatic nitrogens is 1. The highest BCUT2D eigenvalue weighted by Gasteiger charge is 1.73. The number of nitrogens with zero attached hydrogens (tertiary/aromatic N) is 1. The van der Waals surface area contributed by atoms with Gasteiger partial charge in [0.2, 0.25) is 0 Å². The van der Waals surface area contributed by atoms with Crippen molar-refractivity contribution in [3.8, 4) is 0 Å². The van der Waals surface area contributed by atoms with Crippen LogP contribution in [-0.2, 0) is 0 Å². The van der Waals surface area contributed by atoms with E-state index in [0.717, 1.165) is 5.69 Å². The summed E-state index contributed by atoms with van der Waals surface area (Å²) in [5, 5.41) is 0. The third kappa shape index (κ3) is 14.4. The first-order chi connectivity index (χ1) is 8.39. The van der Waals surface area contributed by atoms with Crippen molar-refractivity contribution in [2.75, 3.05) is 0 Å². The van der Waals surface area contributed by atoms with Crippen LogP contribution in [0.5, 0.6) is 0 Å². The Hall–Kier alpha value is -1.63. The van der Waals surface area contributed by atoms with Gasteiger partial charge in [0.15, 0.2) is 0 Å². The maximum absolute atomic E-state index is 3.98. The van der Waals surface area contributed by atoms with Crippen LogP contribution in [0.25, 0.3) is 0 Å². The molecule has 0 atom stereocenters. The number of hydrogen-bond acceptors (Lipinski definition) is 1. The maximum atomic E-state index is 3.98. The van der Waals surface area contributed by atoms with E-state index in [9.17, 15) is 0 Å². The lowest BCUT2D eigenvalue weighted by Gasteiger charge is -1.82. The highest BCUT2D eigenvalue weighted by Crippen LogP contribution is 1.86. The van der Waals surface area contributed by atoms with Crippen LogP contribution < -0.4 is 0 Å². The Labute approximate surface area is 107 Å². The Bertz CT molecular complexity index is 276. The van der Waals surface area contributed by atoms with Gasteiger partial charge in [-0.1, -0.05) is 70.2 Å². The van der Waals surface area contributed by atoms with Crippen molar-refractivity contribution in [2.45, 2.75) is 34.6 Å². The topological polar surface area (TPSA) is 12.9 Å². The van der Waals surface area contributed by atoms with Gasteiger partial charge in [-0.05, 0) is 19.1 Å². The highest BCUT2D eigenvalue weighted by molar-refractivity contribution is 5.00. The molecule has 94 valence electrons. The molecule has 2 aromatic rings. The molecule has 0 fully saturated rings. The zero-order valence-corrected chi connectivity index (χ0v) is 11.7. The Kier molecular flexibility index (Phi) is 17.5. The van der Waals surface area contributed by atoms with Crippen LogP contribution in [0.15, 0.2) is 60.8 Å². The molecule has 1 nitrogen and oxygen atoms in total. The van der Waals surface area contributed by atoms with Gasteiger partial charge in [-0.25, -0.2) is 0 Å². The zero-order valence-electron chi connectivity index (χ0n) is 11.7. The van der Waals surface area contributed by atoms with E-state index in [4.69, 9.17) is 0 Å². The molecule has 1 heteroatoms. The van der Waals surface area contributed by atoms with E-state index in [0.29, 0.717) is 0 Å². The molecule has 0 amide bonds. The number of benzene rings is 1. The minimum absolute atomic E-state index is 1.07. The van der Waals surface area contributed by atoms with Crippen molar-refractivity contribution in [2.24, 2.45) is 0 Å². The minimum Gasteiger partial charge on any atom is -0.262 e. The second-order valence-corrected chi connectivity index (χ2v) is 2.63. The number of hydrogen-bond donors (Lipinski definition) is 0. The minimum atomic E-state index is 1.07. The van der Waals surface area contributed by atoms with Crippen molar-refractivity contribution < 1.29 is 0 Å². The molecule has 17 heavy (non-hydrogen) atoms. The fourth-order valence-electron chi connectivity index (χ4n) is 0.833. The van der Waals surface area contributed by atoms with Crippen LogP contribution in [-0.4, -0.2) is 4.98 Å². The molecule has 0 saturated heterocycles. The van der Waals surface area contributed by atoms with Gasteiger partial charge in [0.05, 0.1) is 0 Å². The van der Waals surface area contributed by atoms with E-state index in [1.54, 1.807) is 6.20 Å². The van der Waals surface area contributed by atoms with E-state index < -0.39 is 0 Å². The molecule has 1 heterocycles. The number of rotatable bonds is 0. The molecule has 0 N–H and O–H groups in total. The predicted octanol–water partition coefficient (Wildman–Crippen LogP) is 5.13. The molecule has 0 aliphatic rings. The summed E-state index contributed by atoms with van der Waals surface area (Å²) >= 11 is 0. The highest BCUT2D eigenvalue weighted by atomic mass is 14.6. The molecule has 0 bridgehead atoms. The van der Waals surface area contributed by atoms with Gasteiger partial charge < -0.3 is 0 Å². The first kappa shape index (κ1) is 17.8. The SMILES string of the molecule is CC.CC.Cc1ccccn1.c1ccccc1. The van der Waals surface area contributed by atoms with Gasteiger partial charge in [-0.3, -0.25) is 4.98 Å². The van der Waals surface area contributed by atoms with Crippen LogP contribution in [0.4, 0.5) is 0 Å². The summed E-state index contributed by atoms with van der Waals surface area (Å²) in [6.07, 6.45) is 1.79. The standard InChI is InChI=1S/C6H7N.C6H6.2C2H6/c1-6-4-2-3-5-7-6;1-2-4-6-5-3-1;2*1-2/h2-5H,1H3;1-6H;2*1-2H3. The molecule has 0 aliphatic carbocycles. The third-order valence-corrected chi connectivity index (χ3v) is 1.48. The molecule has 0 unspecified atom stereocenters. The summed E-state index contributed by atoms with van der Waals surface area (Å²) in [5.41, 5.74) is 1.07. The summed E-state index contributed by atoms with van der Waals surface area (Å²) in [4.78, 5) is 3.98. The summed E-state index contributed by atoms with van der Waals surface area (Å²) in [5.74, 6) is 0. The maximum Gasteiger partial charge on any atom is 0.0372 e. The molecule has 0 aliphatic heterocycles. The van der Waals surface area contributed by atoms with Crippen molar-refractivity contribution in [1.29, 1.82) is 0 Å². The smallest absolute Gasteiger partial charge is 0.0372 e. The van der Waals surface area contributed by atoms with E-state index in [1.165, 1.54) is 0 Å². The average Bonchev–Trinajstić information content (AvgIpc) is 2.47. The van der Waals surface area contributed by atoms with Gasteiger partial charge >= 0.3 is 0 Å². The van der Waals surface area contributed by atoms with Gasteiger partial charge in [0.25, 0.3) is 0 Å². The largest absolute Gasteiger partial charge is 0.262 e. The molecular weight excluding hydrogens is 206 g/mol. The van der Waals surface area contributed by atoms with E-state index in [2.05, 4.69) is 4.98 Å². The predicted molar refractivity (Wildman–Crippen MR) is 78.1 cm³/mol. The molecule has 1 aromatic heterocycles. The number of aryl methyl sites for hydroxylation is 1. The lowest BCUT2D eigenvalue weighted by Crippen LogP contribution is -1.72. The first-order valence-corrected chi connectivity index (χ1v) is 6.27. The lowest BCUT2D eigenvalue weighted by molar-refractivity contribution is 1.20. The van der Waals surface area contributed by atoms with Gasteiger partial charge in [-0.2, -0.15) is 0 Å². The molecule has 2 rings (SSSR count). The van der Waals surface area contributed by atoms with Crippen LogP contribution in [0, 0.1) is 6.92 Å². The molecule has 1 aromatic carbocycles. The first-order valence-electron chi connectivity index (χ1n) is 6.27. The fourth-order valence-corrected chi connectivity index (χ4v) is 0.833. The van der Waals surface area contributed by atoms with Crippen LogP contribution in [0.3, 0.4) is 0 Å². The normalized spacial score (nSPS) is 7.12. The van der Waals surface area contributed by atoms with Crippen LogP contribution in [0.2, 0.25) is 0 Å². The van der Waals surface area contributed by atoms with Crippen molar-refractivity contribution >= 4 is 0 Å². The Morgan fingerprint density at radius 2 is 1.06 bits per heavy atom. The van der Waals surface area contributed by atoms with Crippen molar-refractivity contribution in [3.63, 3.8) is 0 Å². The Balaban J connectivity index is 0. The van der Waals surface area contributed by atoms with Crippen LogP contribution >= 0.6 is 0 Å². The van der Waals surface area contributed by atoms with E-state index >= 15 is 0 Å². The van der Waals surface area contributed by atoms with E-state index in [1.807, 2.05) is 89.2 Å². The third-order valence-electron chi connectivity index (χ3n) is 1.48. The van der Waals surface area contributed by atoms with Gasteiger partial charge in [-0.15, -0.1) is 0 Å². The average molecular weight is 231 g/mol. The lowest BCUT2D eigenvalue weighted by atomic mass is 10.4. The van der Waals surface area contributed by atoms with Gasteiger partial charge in [0.1, 0.15) is 0 Å². The zero-order chi connectivity index (χ0) is 13.4. The van der Waals surface area contributed by atoms with Crippen LogP contribution in [0.1, 0.15) is 33.4 Å². The summed E-state index contributed by atoms with van der Waals surface area (Å²) < 4.78 is 0. The quantitative estimate of drug-likeness (QED) is 0.612. The van der Waals surface area contributed by atoms with Crippen molar-refractivity contribution in [3.05, 3.63) is 66.5 Å². The van der Waals surface area contributed by atoms with Gasteiger partial charge in [0, 0.05) is 11.9 Å². The fraction of sp³-hybridized carbons (Fsp3) is 0.312. The Morgan fingerprint density at radius 3 is 1.24 bits per heavy atom. The molecule has 0 saturated carbocycles. The summed E-state index contributed by atoms with van der Waals surface area (Å²) in [6, 6.07) is 17.9. The number of pyridine rings is 1.